The van der Waals surface area contributed by atoms with Crippen molar-refractivity contribution in [3.05, 3.63) is 21.9 Å². The molecule has 8 heteroatoms. The topological polar surface area (TPSA) is 60.0 Å². The fourth-order valence-electron chi connectivity index (χ4n) is 3.85. The van der Waals surface area contributed by atoms with Gasteiger partial charge in [-0.05, 0) is 36.8 Å². The third-order valence-electron chi connectivity index (χ3n) is 5.58. The minimum Gasteiger partial charge on any atom is -0.355 e. The number of guanidine groups is 1. The predicted octanol–water partition coefficient (Wildman–Crippen LogP) is 2.53. The molecule has 2 N–H and O–H groups in total. The Morgan fingerprint density at radius 3 is 2.86 bits per heavy atom. The van der Waals surface area contributed by atoms with Crippen molar-refractivity contribution in [2.24, 2.45) is 10.9 Å². The number of nitrogens with zero attached hydrogens (tertiary/aromatic N) is 3. The SMILES string of the molecule is CN=C(NCC(C)N1CCc2sccc2C1)NC1CCN(C(=O)C(C)C)C1.I. The molecule has 2 aliphatic rings. The van der Waals surface area contributed by atoms with Crippen LogP contribution in [0.15, 0.2) is 16.4 Å². The first kappa shape index (κ1) is 23.4. The summed E-state index contributed by atoms with van der Waals surface area (Å²) in [6.45, 7) is 10.8. The molecule has 6 nitrogen and oxygen atoms in total. The number of fused-ring (bicyclic) bond motifs is 1. The molecule has 1 saturated heterocycles. The van der Waals surface area contributed by atoms with Gasteiger partial charge < -0.3 is 15.5 Å². The molecule has 2 atom stereocenters. The van der Waals surface area contributed by atoms with Gasteiger partial charge in [-0.1, -0.05) is 13.8 Å². The van der Waals surface area contributed by atoms with E-state index in [0.717, 1.165) is 51.5 Å². The monoisotopic (exact) mass is 519 g/mol. The van der Waals surface area contributed by atoms with E-state index in [1.807, 2.05) is 37.1 Å². The number of nitrogens with one attached hydrogen (secondary N) is 2. The van der Waals surface area contributed by atoms with Crippen molar-refractivity contribution in [3.63, 3.8) is 0 Å². The lowest BCUT2D eigenvalue weighted by atomic mass is 10.1. The van der Waals surface area contributed by atoms with Crippen LogP contribution in [0.4, 0.5) is 0 Å². The zero-order valence-electron chi connectivity index (χ0n) is 17.4. The summed E-state index contributed by atoms with van der Waals surface area (Å²) in [6, 6.07) is 2.98. The first-order valence-electron chi connectivity index (χ1n) is 10.0. The molecule has 0 spiro atoms. The van der Waals surface area contributed by atoms with Crippen LogP contribution in [-0.2, 0) is 17.8 Å². The van der Waals surface area contributed by atoms with Crippen LogP contribution < -0.4 is 10.6 Å². The second kappa shape index (κ2) is 10.8. The molecule has 0 bridgehead atoms. The number of rotatable bonds is 5. The van der Waals surface area contributed by atoms with Crippen LogP contribution in [0.5, 0.6) is 0 Å². The first-order chi connectivity index (χ1) is 13.0. The van der Waals surface area contributed by atoms with Crippen LogP contribution in [0, 0.1) is 5.92 Å². The Hall–Kier alpha value is -0.870. The number of carbonyl (C=O) groups excluding carboxylic acids is 1. The third kappa shape index (κ3) is 5.82. The summed E-state index contributed by atoms with van der Waals surface area (Å²) in [5, 5.41) is 9.17. The van der Waals surface area contributed by atoms with Crippen molar-refractivity contribution in [1.29, 1.82) is 0 Å². The van der Waals surface area contributed by atoms with E-state index in [1.54, 1.807) is 4.88 Å². The highest BCUT2D eigenvalue weighted by Gasteiger charge is 2.28. The van der Waals surface area contributed by atoms with Crippen LogP contribution >= 0.6 is 35.3 Å². The fraction of sp³-hybridized carbons (Fsp3) is 0.700. The van der Waals surface area contributed by atoms with Crippen molar-refractivity contribution in [3.8, 4) is 0 Å². The Bertz CT molecular complexity index is 677. The summed E-state index contributed by atoms with van der Waals surface area (Å²) in [5.74, 6) is 1.14. The van der Waals surface area contributed by atoms with Gasteiger partial charge >= 0.3 is 0 Å². The molecule has 28 heavy (non-hydrogen) atoms. The van der Waals surface area contributed by atoms with E-state index in [4.69, 9.17) is 0 Å². The maximum Gasteiger partial charge on any atom is 0.225 e. The Balaban J connectivity index is 0.00000280. The second-order valence-electron chi connectivity index (χ2n) is 7.96. The van der Waals surface area contributed by atoms with Gasteiger partial charge in [-0.3, -0.25) is 14.7 Å². The maximum absolute atomic E-state index is 12.2. The standard InChI is InChI=1S/C20H33N5OS.HI/c1-14(2)19(26)25-8-5-17(13-25)23-20(21-4)22-11-15(3)24-9-6-18-16(12-24)7-10-27-18;/h7,10,14-15,17H,5-6,8-9,11-13H2,1-4H3,(H2,21,22,23);1H. The molecule has 3 rings (SSSR count). The average Bonchev–Trinajstić information content (AvgIpc) is 3.32. The quantitative estimate of drug-likeness (QED) is 0.357. The van der Waals surface area contributed by atoms with Gasteiger partial charge in [-0.2, -0.15) is 0 Å². The van der Waals surface area contributed by atoms with Crippen LogP contribution in [0.2, 0.25) is 0 Å². The molecule has 0 saturated carbocycles. The van der Waals surface area contributed by atoms with E-state index >= 15 is 0 Å². The molecule has 0 aromatic carbocycles. The lowest BCUT2D eigenvalue weighted by molar-refractivity contribution is -0.133. The Labute approximate surface area is 190 Å². The highest BCUT2D eigenvalue weighted by molar-refractivity contribution is 14.0. The molecule has 1 amide bonds. The van der Waals surface area contributed by atoms with Gasteiger partial charge in [-0.15, -0.1) is 35.3 Å². The van der Waals surface area contributed by atoms with Crippen molar-refractivity contribution < 1.29 is 4.79 Å². The van der Waals surface area contributed by atoms with E-state index in [-0.39, 0.29) is 41.8 Å². The molecule has 158 valence electrons. The number of halogens is 1. The zero-order valence-corrected chi connectivity index (χ0v) is 20.5. The van der Waals surface area contributed by atoms with Crippen molar-refractivity contribution in [2.45, 2.75) is 52.2 Å². The second-order valence-corrected chi connectivity index (χ2v) is 8.96. The van der Waals surface area contributed by atoms with Gasteiger partial charge in [0.15, 0.2) is 5.96 Å². The molecule has 1 fully saturated rings. The molecule has 1 aromatic heterocycles. The lowest BCUT2D eigenvalue weighted by Gasteiger charge is -2.33. The summed E-state index contributed by atoms with van der Waals surface area (Å²) >= 11 is 1.88. The normalized spacial score (nSPS) is 21.2. The summed E-state index contributed by atoms with van der Waals surface area (Å²) in [5.41, 5.74) is 1.49. The van der Waals surface area contributed by atoms with E-state index in [2.05, 4.69) is 38.9 Å². The first-order valence-corrected chi connectivity index (χ1v) is 10.9. The van der Waals surface area contributed by atoms with Gasteiger partial charge in [0.05, 0.1) is 0 Å². The number of hydrogen-bond acceptors (Lipinski definition) is 4. The summed E-state index contributed by atoms with van der Waals surface area (Å²) in [7, 11) is 1.81. The summed E-state index contributed by atoms with van der Waals surface area (Å²) in [6.07, 6.45) is 2.13. The maximum atomic E-state index is 12.2. The van der Waals surface area contributed by atoms with Crippen molar-refractivity contribution >= 4 is 47.2 Å². The Kier molecular flexibility index (Phi) is 9.01. The summed E-state index contributed by atoms with van der Waals surface area (Å²) < 4.78 is 0. The minimum atomic E-state index is 0. The molecular formula is C20H34IN5OS. The van der Waals surface area contributed by atoms with Crippen LogP contribution in [-0.4, -0.2) is 67.0 Å². The molecular weight excluding hydrogens is 485 g/mol. The predicted molar refractivity (Wildman–Crippen MR) is 128 cm³/mol. The zero-order chi connectivity index (χ0) is 19.4. The summed E-state index contributed by atoms with van der Waals surface area (Å²) in [4.78, 5) is 22.6. The number of carbonyl (C=O) groups is 1. The van der Waals surface area contributed by atoms with E-state index < -0.39 is 0 Å². The third-order valence-corrected chi connectivity index (χ3v) is 6.61. The molecule has 2 aliphatic heterocycles. The van der Waals surface area contributed by atoms with E-state index in [1.165, 1.54) is 5.56 Å². The molecule has 2 unspecified atom stereocenters. The smallest absolute Gasteiger partial charge is 0.225 e. The van der Waals surface area contributed by atoms with Gasteiger partial charge in [0.1, 0.15) is 0 Å². The van der Waals surface area contributed by atoms with Gasteiger partial charge in [-0.25, -0.2) is 0 Å². The minimum absolute atomic E-state index is 0. The Morgan fingerprint density at radius 1 is 1.36 bits per heavy atom. The van der Waals surface area contributed by atoms with Crippen LogP contribution in [0.25, 0.3) is 0 Å². The molecule has 3 heterocycles. The van der Waals surface area contributed by atoms with Gasteiger partial charge in [0, 0.05) is 62.7 Å². The number of hydrogen-bond donors (Lipinski definition) is 2. The molecule has 0 radical (unpaired) electrons. The Morgan fingerprint density at radius 2 is 2.14 bits per heavy atom. The fourth-order valence-corrected chi connectivity index (χ4v) is 4.74. The van der Waals surface area contributed by atoms with Crippen LogP contribution in [0.1, 0.15) is 37.6 Å². The highest BCUT2D eigenvalue weighted by atomic mass is 127. The number of aliphatic imine (C=N–C) groups is 1. The lowest BCUT2D eigenvalue weighted by Crippen LogP contribution is -2.50. The van der Waals surface area contributed by atoms with E-state index in [0.29, 0.717) is 6.04 Å². The number of thiophene rings is 1. The van der Waals surface area contributed by atoms with E-state index in [9.17, 15) is 4.79 Å². The molecule has 0 aliphatic carbocycles. The number of amides is 1. The molecule has 1 aromatic rings. The van der Waals surface area contributed by atoms with Crippen molar-refractivity contribution in [1.82, 2.24) is 20.4 Å². The largest absolute Gasteiger partial charge is 0.355 e. The van der Waals surface area contributed by atoms with Gasteiger partial charge in [0.2, 0.25) is 5.91 Å². The average molecular weight is 519 g/mol. The van der Waals surface area contributed by atoms with Gasteiger partial charge in [0.25, 0.3) is 0 Å². The number of likely N-dealkylation sites (tertiary alicyclic amines) is 1. The van der Waals surface area contributed by atoms with Crippen LogP contribution in [0.3, 0.4) is 0 Å². The highest BCUT2D eigenvalue weighted by Crippen LogP contribution is 2.25. The van der Waals surface area contributed by atoms with Crippen molar-refractivity contribution in [2.75, 3.05) is 33.2 Å².